The van der Waals surface area contributed by atoms with Crippen molar-refractivity contribution in [2.24, 2.45) is 0 Å². The van der Waals surface area contributed by atoms with Crippen LogP contribution in [0.3, 0.4) is 0 Å². The van der Waals surface area contributed by atoms with Crippen molar-refractivity contribution in [2.45, 2.75) is 18.4 Å². The first-order chi connectivity index (χ1) is 7.93. The first kappa shape index (κ1) is 12.0. The van der Waals surface area contributed by atoms with Crippen LogP contribution in [0.4, 0.5) is 4.39 Å². The molecule has 0 saturated heterocycles. The first-order valence-corrected chi connectivity index (χ1v) is 5.74. The minimum absolute atomic E-state index is 0.101. The molecular weight excluding hydrogens is 293 g/mol. The highest BCUT2D eigenvalue weighted by Gasteiger charge is 2.51. The predicted octanol–water partition coefficient (Wildman–Crippen LogP) is 1.94. The monoisotopic (exact) mass is 301 g/mol. The number of hydrogen-bond donors (Lipinski definition) is 2. The summed E-state index contributed by atoms with van der Waals surface area (Å²) in [5, 5.41) is 11.3. The maximum atomic E-state index is 13.1. The molecule has 0 aromatic heterocycles. The van der Waals surface area contributed by atoms with Gasteiger partial charge in [0.05, 0.1) is 0 Å². The van der Waals surface area contributed by atoms with Gasteiger partial charge in [-0.05, 0) is 31.0 Å². The second-order valence-corrected chi connectivity index (χ2v) is 4.92. The van der Waals surface area contributed by atoms with Crippen LogP contribution in [-0.4, -0.2) is 22.5 Å². The number of carboxylic acid groups (broad SMARTS) is 1. The molecule has 1 fully saturated rings. The number of rotatable bonds is 3. The molecule has 90 valence electrons. The van der Waals surface area contributed by atoms with Gasteiger partial charge in [0, 0.05) is 10.0 Å². The molecule has 0 heterocycles. The standard InChI is InChI=1S/C11H9BrFNO3/c12-7-3-6(4-8(13)5-7)9(15)14-11(1-2-11)10(16)17/h3-5H,1-2H2,(H,14,15)(H,16,17). The number of aliphatic carboxylic acids is 1. The average Bonchev–Trinajstić information content (AvgIpc) is 2.97. The third-order valence-corrected chi connectivity index (χ3v) is 3.09. The molecule has 1 amide bonds. The molecule has 1 aromatic carbocycles. The van der Waals surface area contributed by atoms with Crippen LogP contribution in [0.5, 0.6) is 0 Å². The van der Waals surface area contributed by atoms with Crippen molar-refractivity contribution < 1.29 is 19.1 Å². The van der Waals surface area contributed by atoms with E-state index in [0.29, 0.717) is 17.3 Å². The lowest BCUT2D eigenvalue weighted by Gasteiger charge is -2.12. The van der Waals surface area contributed by atoms with Gasteiger partial charge in [-0.2, -0.15) is 0 Å². The van der Waals surface area contributed by atoms with Crippen molar-refractivity contribution in [2.75, 3.05) is 0 Å². The third-order valence-electron chi connectivity index (χ3n) is 2.64. The average molecular weight is 302 g/mol. The van der Waals surface area contributed by atoms with E-state index in [-0.39, 0.29) is 5.56 Å². The largest absolute Gasteiger partial charge is 0.480 e. The summed E-state index contributed by atoms with van der Waals surface area (Å²) >= 11 is 3.07. The van der Waals surface area contributed by atoms with Gasteiger partial charge in [0.15, 0.2) is 0 Å². The Hall–Kier alpha value is -1.43. The van der Waals surface area contributed by atoms with Gasteiger partial charge >= 0.3 is 5.97 Å². The van der Waals surface area contributed by atoms with Gasteiger partial charge in [-0.3, -0.25) is 4.79 Å². The fourth-order valence-electron chi connectivity index (χ4n) is 1.49. The van der Waals surface area contributed by atoms with Crippen LogP contribution < -0.4 is 5.32 Å². The highest BCUT2D eigenvalue weighted by molar-refractivity contribution is 9.10. The van der Waals surface area contributed by atoms with Gasteiger partial charge in [0.25, 0.3) is 5.91 Å². The van der Waals surface area contributed by atoms with E-state index in [1.54, 1.807) is 0 Å². The highest BCUT2D eigenvalue weighted by Crippen LogP contribution is 2.35. The maximum absolute atomic E-state index is 13.1. The molecule has 6 heteroatoms. The summed E-state index contributed by atoms with van der Waals surface area (Å²) in [4.78, 5) is 22.6. The Labute approximate surface area is 105 Å². The number of nitrogens with one attached hydrogen (secondary N) is 1. The molecule has 0 aliphatic heterocycles. The van der Waals surface area contributed by atoms with Gasteiger partial charge < -0.3 is 10.4 Å². The minimum Gasteiger partial charge on any atom is -0.480 e. The summed E-state index contributed by atoms with van der Waals surface area (Å²) in [6.45, 7) is 0. The van der Waals surface area contributed by atoms with Gasteiger partial charge in [-0.25, -0.2) is 9.18 Å². The molecule has 1 aromatic rings. The van der Waals surface area contributed by atoms with E-state index < -0.39 is 23.2 Å². The van der Waals surface area contributed by atoms with Crippen LogP contribution in [0, 0.1) is 5.82 Å². The van der Waals surface area contributed by atoms with Crippen molar-refractivity contribution in [3.63, 3.8) is 0 Å². The molecule has 0 spiro atoms. The number of amides is 1. The molecule has 17 heavy (non-hydrogen) atoms. The van der Waals surface area contributed by atoms with E-state index in [2.05, 4.69) is 21.2 Å². The summed E-state index contributed by atoms with van der Waals surface area (Å²) in [5.41, 5.74) is -1.06. The summed E-state index contributed by atoms with van der Waals surface area (Å²) < 4.78 is 13.5. The Balaban J connectivity index is 2.18. The second kappa shape index (κ2) is 4.10. The summed E-state index contributed by atoms with van der Waals surface area (Å²) in [5.74, 6) is -2.18. The van der Waals surface area contributed by atoms with Crippen LogP contribution in [0.25, 0.3) is 0 Å². The Morgan fingerprint density at radius 3 is 2.47 bits per heavy atom. The van der Waals surface area contributed by atoms with Crippen molar-refractivity contribution in [1.82, 2.24) is 5.32 Å². The van der Waals surface area contributed by atoms with Crippen molar-refractivity contribution >= 4 is 27.8 Å². The smallest absolute Gasteiger partial charge is 0.329 e. The first-order valence-electron chi connectivity index (χ1n) is 4.95. The van der Waals surface area contributed by atoms with Crippen molar-refractivity contribution in [1.29, 1.82) is 0 Å². The van der Waals surface area contributed by atoms with Gasteiger partial charge in [0.1, 0.15) is 11.4 Å². The van der Waals surface area contributed by atoms with Gasteiger partial charge in [0.2, 0.25) is 0 Å². The van der Waals surface area contributed by atoms with Crippen LogP contribution >= 0.6 is 15.9 Å². The van der Waals surface area contributed by atoms with Gasteiger partial charge in [-0.1, -0.05) is 15.9 Å². The summed E-state index contributed by atoms with van der Waals surface area (Å²) in [6.07, 6.45) is 0.815. The van der Waals surface area contributed by atoms with E-state index in [4.69, 9.17) is 5.11 Å². The number of halogens is 2. The molecule has 2 rings (SSSR count). The molecular formula is C11H9BrFNO3. The maximum Gasteiger partial charge on any atom is 0.329 e. The summed E-state index contributed by atoms with van der Waals surface area (Å²) in [6, 6.07) is 3.73. The number of carboxylic acids is 1. The SMILES string of the molecule is O=C(NC1(C(=O)O)CC1)c1cc(F)cc(Br)c1. The number of benzene rings is 1. The van der Waals surface area contributed by atoms with Crippen LogP contribution in [0.2, 0.25) is 0 Å². The lowest BCUT2D eigenvalue weighted by Crippen LogP contribution is -2.43. The Morgan fingerprint density at radius 1 is 1.35 bits per heavy atom. The fraction of sp³-hybridized carbons (Fsp3) is 0.273. The molecule has 2 N–H and O–H groups in total. The van der Waals surface area contributed by atoms with Crippen molar-refractivity contribution in [3.05, 3.63) is 34.1 Å². The van der Waals surface area contributed by atoms with E-state index in [1.807, 2.05) is 0 Å². The zero-order valence-electron chi connectivity index (χ0n) is 8.67. The van der Waals surface area contributed by atoms with Crippen LogP contribution in [0.15, 0.2) is 22.7 Å². The molecule has 0 atom stereocenters. The van der Waals surface area contributed by atoms with Gasteiger partial charge in [-0.15, -0.1) is 0 Å². The lowest BCUT2D eigenvalue weighted by atomic mass is 10.2. The predicted molar refractivity (Wildman–Crippen MR) is 61.2 cm³/mol. The Kier molecular flexibility index (Phi) is 2.91. The zero-order valence-corrected chi connectivity index (χ0v) is 10.3. The Bertz CT molecular complexity index is 479. The molecule has 4 nitrogen and oxygen atoms in total. The summed E-state index contributed by atoms with van der Waals surface area (Å²) in [7, 11) is 0. The quantitative estimate of drug-likeness (QED) is 0.896. The topological polar surface area (TPSA) is 66.4 Å². The zero-order chi connectivity index (χ0) is 12.6. The van der Waals surface area contributed by atoms with Crippen LogP contribution in [0.1, 0.15) is 23.2 Å². The lowest BCUT2D eigenvalue weighted by molar-refractivity contribution is -0.140. The third kappa shape index (κ3) is 2.46. The molecule has 0 unspecified atom stereocenters. The molecule has 1 aliphatic rings. The van der Waals surface area contributed by atoms with Crippen LogP contribution in [-0.2, 0) is 4.79 Å². The van der Waals surface area contributed by atoms with E-state index >= 15 is 0 Å². The van der Waals surface area contributed by atoms with E-state index in [1.165, 1.54) is 12.1 Å². The molecule has 0 bridgehead atoms. The molecule has 1 aliphatic carbocycles. The minimum atomic E-state index is -1.16. The number of carbonyl (C=O) groups is 2. The Morgan fingerprint density at radius 2 is 2.00 bits per heavy atom. The van der Waals surface area contributed by atoms with E-state index in [9.17, 15) is 14.0 Å². The molecule has 0 radical (unpaired) electrons. The van der Waals surface area contributed by atoms with E-state index in [0.717, 1.165) is 6.07 Å². The highest BCUT2D eigenvalue weighted by atomic mass is 79.9. The normalized spacial score (nSPS) is 16.4. The fourth-order valence-corrected chi connectivity index (χ4v) is 1.96. The number of carbonyl (C=O) groups excluding carboxylic acids is 1. The number of hydrogen-bond acceptors (Lipinski definition) is 2. The van der Waals surface area contributed by atoms with Crippen molar-refractivity contribution in [3.8, 4) is 0 Å². The molecule has 1 saturated carbocycles. The second-order valence-electron chi connectivity index (χ2n) is 4.00.